The van der Waals surface area contributed by atoms with E-state index in [1.807, 2.05) is 12.1 Å². The van der Waals surface area contributed by atoms with Crippen LogP contribution in [0.4, 0.5) is 4.39 Å². The molecule has 0 aliphatic heterocycles. The number of rotatable bonds is 4. The SMILES string of the molecule is N#Cc1cccc(Oc2ccc(Oc3ccccc3F)cc2)c1C#N. The smallest absolute Gasteiger partial charge is 0.165 e. The molecule has 0 aromatic heterocycles. The van der Waals surface area contributed by atoms with Crippen molar-refractivity contribution in [2.45, 2.75) is 0 Å². The molecule has 3 rings (SSSR count). The van der Waals surface area contributed by atoms with Crippen molar-refractivity contribution in [3.63, 3.8) is 0 Å². The Labute approximate surface area is 143 Å². The quantitative estimate of drug-likeness (QED) is 0.663. The standard InChI is InChI=1S/C20H11FN2O2/c21-18-5-1-2-6-20(18)25-16-10-8-15(9-11-16)24-19-7-3-4-14(12-22)17(19)13-23/h1-11H. The van der Waals surface area contributed by atoms with Crippen LogP contribution >= 0.6 is 0 Å². The lowest BCUT2D eigenvalue weighted by atomic mass is 10.1. The first kappa shape index (κ1) is 16.0. The maximum Gasteiger partial charge on any atom is 0.165 e. The Morgan fingerprint density at radius 3 is 1.88 bits per heavy atom. The van der Waals surface area contributed by atoms with E-state index < -0.39 is 5.82 Å². The second kappa shape index (κ2) is 7.16. The first-order valence-electron chi connectivity index (χ1n) is 7.35. The fraction of sp³-hybridized carbons (Fsp3) is 0. The molecule has 0 saturated heterocycles. The number of benzene rings is 3. The van der Waals surface area contributed by atoms with Crippen LogP contribution in [-0.4, -0.2) is 0 Å². The molecule has 3 aromatic rings. The number of nitriles is 2. The summed E-state index contributed by atoms with van der Waals surface area (Å²) in [5.74, 6) is 0.889. The van der Waals surface area contributed by atoms with Gasteiger partial charge in [-0.15, -0.1) is 0 Å². The Morgan fingerprint density at radius 2 is 1.28 bits per heavy atom. The molecule has 0 N–H and O–H groups in total. The molecule has 0 amide bonds. The number of hydrogen-bond acceptors (Lipinski definition) is 4. The van der Waals surface area contributed by atoms with Crippen LogP contribution in [0.5, 0.6) is 23.0 Å². The van der Waals surface area contributed by atoms with Gasteiger partial charge in [0.2, 0.25) is 0 Å². The molecule has 0 atom stereocenters. The molecule has 0 fully saturated rings. The van der Waals surface area contributed by atoms with Gasteiger partial charge in [-0.05, 0) is 48.5 Å². The third-order valence-corrected chi connectivity index (χ3v) is 3.37. The summed E-state index contributed by atoms with van der Waals surface area (Å²) in [5.41, 5.74) is 0.427. The molecule has 0 radical (unpaired) electrons. The van der Waals surface area contributed by atoms with Gasteiger partial charge >= 0.3 is 0 Å². The molecule has 120 valence electrons. The predicted octanol–water partition coefficient (Wildman–Crippen LogP) is 5.15. The largest absolute Gasteiger partial charge is 0.456 e. The second-order valence-electron chi connectivity index (χ2n) is 5.01. The zero-order valence-corrected chi connectivity index (χ0v) is 12.9. The summed E-state index contributed by atoms with van der Waals surface area (Å²) in [7, 11) is 0. The molecular weight excluding hydrogens is 319 g/mol. The topological polar surface area (TPSA) is 66.0 Å². The molecule has 5 heteroatoms. The van der Waals surface area contributed by atoms with E-state index >= 15 is 0 Å². The van der Waals surface area contributed by atoms with Gasteiger partial charge in [-0.3, -0.25) is 0 Å². The fourth-order valence-corrected chi connectivity index (χ4v) is 2.18. The van der Waals surface area contributed by atoms with Crippen molar-refractivity contribution in [3.8, 4) is 35.1 Å². The molecule has 0 saturated carbocycles. The lowest BCUT2D eigenvalue weighted by Gasteiger charge is -2.10. The molecular formula is C20H11FN2O2. The second-order valence-corrected chi connectivity index (χ2v) is 5.01. The zero-order chi connectivity index (χ0) is 17.6. The lowest BCUT2D eigenvalue weighted by Crippen LogP contribution is -1.92. The molecule has 0 unspecified atom stereocenters. The number of hydrogen-bond donors (Lipinski definition) is 0. The maximum atomic E-state index is 13.6. The molecule has 0 aliphatic carbocycles. The molecule has 0 bridgehead atoms. The summed E-state index contributed by atoms with van der Waals surface area (Å²) in [5, 5.41) is 18.2. The summed E-state index contributed by atoms with van der Waals surface area (Å²) in [6.45, 7) is 0. The predicted molar refractivity (Wildman–Crippen MR) is 88.9 cm³/mol. The van der Waals surface area contributed by atoms with E-state index in [1.165, 1.54) is 12.1 Å². The van der Waals surface area contributed by atoms with E-state index in [9.17, 15) is 9.65 Å². The van der Waals surface area contributed by atoms with Gasteiger partial charge in [0.15, 0.2) is 11.6 Å². The van der Waals surface area contributed by atoms with Crippen molar-refractivity contribution < 1.29 is 13.9 Å². The van der Waals surface area contributed by atoms with Gasteiger partial charge in [-0.25, -0.2) is 4.39 Å². The number of halogens is 1. The fourth-order valence-electron chi connectivity index (χ4n) is 2.18. The normalized spacial score (nSPS) is 9.72. The van der Waals surface area contributed by atoms with E-state index in [-0.39, 0.29) is 16.9 Å². The summed E-state index contributed by atoms with van der Waals surface area (Å²) in [6, 6.07) is 21.4. The van der Waals surface area contributed by atoms with Crippen molar-refractivity contribution in [3.05, 3.63) is 83.7 Å². The van der Waals surface area contributed by atoms with Gasteiger partial charge in [0.1, 0.15) is 35.0 Å². The van der Waals surface area contributed by atoms with Crippen LogP contribution in [-0.2, 0) is 0 Å². The Hall–Kier alpha value is -3.83. The van der Waals surface area contributed by atoms with E-state index in [4.69, 9.17) is 14.7 Å². The third-order valence-electron chi connectivity index (χ3n) is 3.37. The number of para-hydroxylation sites is 1. The summed E-state index contributed by atoms with van der Waals surface area (Å²) >= 11 is 0. The minimum absolute atomic E-state index is 0.129. The van der Waals surface area contributed by atoms with Crippen LogP contribution in [0.1, 0.15) is 11.1 Å². The third kappa shape index (κ3) is 3.57. The van der Waals surface area contributed by atoms with Crippen molar-refractivity contribution in [2.75, 3.05) is 0 Å². The average molecular weight is 330 g/mol. The monoisotopic (exact) mass is 330 g/mol. The summed E-state index contributed by atoms with van der Waals surface area (Å²) in [6.07, 6.45) is 0. The van der Waals surface area contributed by atoms with Crippen molar-refractivity contribution >= 4 is 0 Å². The first-order valence-corrected chi connectivity index (χ1v) is 7.35. The van der Waals surface area contributed by atoms with Crippen LogP contribution in [0.2, 0.25) is 0 Å². The Morgan fingerprint density at radius 1 is 0.680 bits per heavy atom. The van der Waals surface area contributed by atoms with Gasteiger partial charge in [0, 0.05) is 0 Å². The summed E-state index contributed by atoms with van der Waals surface area (Å²) < 4.78 is 24.7. The van der Waals surface area contributed by atoms with Crippen molar-refractivity contribution in [1.82, 2.24) is 0 Å². The molecule has 25 heavy (non-hydrogen) atoms. The number of ether oxygens (including phenoxy) is 2. The van der Waals surface area contributed by atoms with Crippen LogP contribution in [0, 0.1) is 28.5 Å². The Kier molecular flexibility index (Phi) is 4.60. The number of nitrogens with zero attached hydrogens (tertiary/aromatic N) is 2. The summed E-state index contributed by atoms with van der Waals surface area (Å²) in [4.78, 5) is 0. The van der Waals surface area contributed by atoms with E-state index in [2.05, 4.69) is 0 Å². The van der Waals surface area contributed by atoms with E-state index in [1.54, 1.807) is 54.6 Å². The van der Waals surface area contributed by atoms with Gasteiger partial charge in [0.25, 0.3) is 0 Å². The van der Waals surface area contributed by atoms with Crippen molar-refractivity contribution in [1.29, 1.82) is 10.5 Å². The molecule has 0 spiro atoms. The highest BCUT2D eigenvalue weighted by Gasteiger charge is 2.10. The van der Waals surface area contributed by atoms with E-state index in [0.29, 0.717) is 17.2 Å². The minimum Gasteiger partial charge on any atom is -0.456 e. The maximum absolute atomic E-state index is 13.6. The Bertz CT molecular complexity index is 986. The first-order chi connectivity index (χ1) is 12.2. The molecule has 3 aromatic carbocycles. The average Bonchev–Trinajstić information content (AvgIpc) is 2.65. The van der Waals surface area contributed by atoms with Crippen LogP contribution in [0.25, 0.3) is 0 Å². The highest BCUT2D eigenvalue weighted by Crippen LogP contribution is 2.30. The molecule has 0 heterocycles. The molecule has 4 nitrogen and oxygen atoms in total. The molecule has 0 aliphatic rings. The van der Waals surface area contributed by atoms with Crippen LogP contribution in [0.3, 0.4) is 0 Å². The van der Waals surface area contributed by atoms with Gasteiger partial charge in [-0.2, -0.15) is 10.5 Å². The Balaban J connectivity index is 1.79. The van der Waals surface area contributed by atoms with Crippen LogP contribution in [0.15, 0.2) is 66.7 Å². The van der Waals surface area contributed by atoms with Crippen molar-refractivity contribution in [2.24, 2.45) is 0 Å². The van der Waals surface area contributed by atoms with E-state index in [0.717, 1.165) is 0 Å². The van der Waals surface area contributed by atoms with Gasteiger partial charge in [0.05, 0.1) is 5.56 Å². The highest BCUT2D eigenvalue weighted by molar-refractivity contribution is 5.55. The van der Waals surface area contributed by atoms with Crippen LogP contribution < -0.4 is 9.47 Å². The highest BCUT2D eigenvalue weighted by atomic mass is 19.1. The van der Waals surface area contributed by atoms with Gasteiger partial charge in [-0.1, -0.05) is 18.2 Å². The minimum atomic E-state index is -0.449. The zero-order valence-electron chi connectivity index (χ0n) is 12.9. The van der Waals surface area contributed by atoms with Gasteiger partial charge < -0.3 is 9.47 Å². The lowest BCUT2D eigenvalue weighted by molar-refractivity contribution is 0.439.